The number of carbonyl (C=O) groups is 1. The van der Waals surface area contributed by atoms with Gasteiger partial charge in [-0.2, -0.15) is 0 Å². The Balaban J connectivity index is 1.69. The summed E-state index contributed by atoms with van der Waals surface area (Å²) in [5, 5.41) is 5.98. The lowest BCUT2D eigenvalue weighted by Crippen LogP contribution is -2.19. The molecule has 8 heteroatoms. The fourth-order valence-electron chi connectivity index (χ4n) is 2.27. The van der Waals surface area contributed by atoms with Crippen molar-refractivity contribution in [2.75, 3.05) is 22.1 Å². The first kappa shape index (κ1) is 18.7. The minimum Gasteiger partial charge on any atom is -0.457 e. The van der Waals surface area contributed by atoms with Gasteiger partial charge in [0.05, 0.1) is 27.1 Å². The molecule has 0 atom stereocenters. The highest BCUT2D eigenvalue weighted by Gasteiger charge is 2.09. The Bertz CT molecular complexity index is 995. The quantitative estimate of drug-likeness (QED) is 0.426. The van der Waals surface area contributed by atoms with E-state index in [4.69, 9.17) is 39.4 Å². The largest absolute Gasteiger partial charge is 0.457 e. The van der Waals surface area contributed by atoms with Crippen molar-refractivity contribution in [1.82, 2.24) is 0 Å². The summed E-state index contributed by atoms with van der Waals surface area (Å²) < 4.78 is 5.74. The molecule has 138 valence electrons. The van der Waals surface area contributed by atoms with Crippen molar-refractivity contribution in [2.45, 2.75) is 0 Å². The zero-order chi connectivity index (χ0) is 19.4. The summed E-state index contributed by atoms with van der Waals surface area (Å²) in [5.74, 6) is 1.06. The van der Waals surface area contributed by atoms with Crippen LogP contribution in [-0.4, -0.2) is 6.03 Å². The van der Waals surface area contributed by atoms with Crippen molar-refractivity contribution in [3.05, 3.63) is 70.7 Å². The summed E-state index contributed by atoms with van der Waals surface area (Å²) in [5.41, 5.74) is 13.3. The van der Waals surface area contributed by atoms with Gasteiger partial charge in [-0.1, -0.05) is 35.3 Å². The van der Waals surface area contributed by atoms with E-state index in [1.807, 2.05) is 0 Å². The van der Waals surface area contributed by atoms with E-state index in [9.17, 15) is 4.79 Å². The number of hydrogen-bond acceptors (Lipinski definition) is 4. The highest BCUT2D eigenvalue weighted by Crippen LogP contribution is 2.30. The maximum Gasteiger partial charge on any atom is 0.323 e. The lowest BCUT2D eigenvalue weighted by atomic mass is 10.2. The molecule has 0 bridgehead atoms. The summed E-state index contributed by atoms with van der Waals surface area (Å²) in [6.45, 7) is 0. The van der Waals surface area contributed by atoms with E-state index in [1.54, 1.807) is 60.7 Å². The molecule has 0 aliphatic heterocycles. The van der Waals surface area contributed by atoms with Gasteiger partial charge in [0.25, 0.3) is 0 Å². The van der Waals surface area contributed by atoms with Crippen LogP contribution in [0.5, 0.6) is 11.5 Å². The molecule has 0 saturated heterocycles. The van der Waals surface area contributed by atoms with Gasteiger partial charge in [-0.15, -0.1) is 0 Å². The number of nitrogens with two attached hydrogens (primary N) is 2. The molecule has 0 fully saturated rings. The zero-order valence-electron chi connectivity index (χ0n) is 14.0. The predicted molar refractivity (Wildman–Crippen MR) is 111 cm³/mol. The normalized spacial score (nSPS) is 10.3. The Labute approximate surface area is 166 Å². The van der Waals surface area contributed by atoms with E-state index in [0.29, 0.717) is 39.3 Å². The number of urea groups is 1. The van der Waals surface area contributed by atoms with Crippen LogP contribution in [0.15, 0.2) is 60.7 Å². The Morgan fingerprint density at radius 1 is 0.852 bits per heavy atom. The summed E-state index contributed by atoms with van der Waals surface area (Å²) >= 11 is 12.0. The van der Waals surface area contributed by atoms with Crippen molar-refractivity contribution in [3.8, 4) is 11.5 Å². The molecule has 3 aromatic carbocycles. The molecule has 3 aromatic rings. The highest BCUT2D eigenvalue weighted by atomic mass is 35.5. The first-order chi connectivity index (χ1) is 12.9. The molecular weight excluding hydrogens is 387 g/mol. The maximum absolute atomic E-state index is 12.2. The molecule has 6 nitrogen and oxygen atoms in total. The molecule has 0 heterocycles. The first-order valence-electron chi connectivity index (χ1n) is 7.87. The number of anilines is 4. The zero-order valence-corrected chi connectivity index (χ0v) is 15.5. The number of amides is 2. The van der Waals surface area contributed by atoms with Gasteiger partial charge in [0.1, 0.15) is 11.5 Å². The summed E-state index contributed by atoms with van der Waals surface area (Å²) in [7, 11) is 0. The Morgan fingerprint density at radius 3 is 2.37 bits per heavy atom. The molecule has 27 heavy (non-hydrogen) atoms. The first-order valence-corrected chi connectivity index (χ1v) is 8.63. The van der Waals surface area contributed by atoms with Gasteiger partial charge >= 0.3 is 6.03 Å². The number of nitrogen functional groups attached to an aromatic ring is 2. The van der Waals surface area contributed by atoms with Crippen molar-refractivity contribution in [1.29, 1.82) is 0 Å². The van der Waals surface area contributed by atoms with Crippen LogP contribution in [0.4, 0.5) is 27.5 Å². The van der Waals surface area contributed by atoms with Crippen LogP contribution in [0.25, 0.3) is 0 Å². The van der Waals surface area contributed by atoms with E-state index in [0.717, 1.165) is 0 Å². The minimum atomic E-state index is -0.465. The Kier molecular flexibility index (Phi) is 5.59. The average molecular weight is 403 g/mol. The van der Waals surface area contributed by atoms with Crippen LogP contribution in [-0.2, 0) is 0 Å². The number of ether oxygens (including phenoxy) is 1. The monoisotopic (exact) mass is 402 g/mol. The molecule has 0 aliphatic carbocycles. The fraction of sp³-hybridized carbons (Fsp3) is 0. The third-order valence-electron chi connectivity index (χ3n) is 3.59. The highest BCUT2D eigenvalue weighted by molar-refractivity contribution is 6.44. The second-order valence-electron chi connectivity index (χ2n) is 5.60. The van der Waals surface area contributed by atoms with Crippen LogP contribution in [0.2, 0.25) is 10.0 Å². The van der Waals surface area contributed by atoms with Crippen molar-refractivity contribution >= 4 is 52.0 Å². The van der Waals surface area contributed by atoms with Crippen LogP contribution in [0.3, 0.4) is 0 Å². The minimum absolute atomic E-state index is 0.271. The smallest absolute Gasteiger partial charge is 0.323 e. The van der Waals surface area contributed by atoms with Gasteiger partial charge in [0, 0.05) is 17.8 Å². The average Bonchev–Trinajstić information content (AvgIpc) is 2.62. The second kappa shape index (κ2) is 8.07. The van der Waals surface area contributed by atoms with Gasteiger partial charge in [-0.25, -0.2) is 4.79 Å². The summed E-state index contributed by atoms with van der Waals surface area (Å²) in [6.07, 6.45) is 0. The Morgan fingerprint density at radius 2 is 1.59 bits per heavy atom. The maximum atomic E-state index is 12.2. The summed E-state index contributed by atoms with van der Waals surface area (Å²) in [4.78, 5) is 12.2. The predicted octanol–water partition coefficient (Wildman–Crippen LogP) is 5.59. The molecule has 0 unspecified atom stereocenters. The fourth-order valence-corrected chi connectivity index (χ4v) is 2.62. The second-order valence-corrected chi connectivity index (χ2v) is 6.39. The van der Waals surface area contributed by atoms with Gasteiger partial charge in [-0.3, -0.25) is 0 Å². The van der Waals surface area contributed by atoms with Crippen LogP contribution < -0.4 is 26.8 Å². The number of hydrogen-bond donors (Lipinski definition) is 4. The number of benzene rings is 3. The number of rotatable bonds is 4. The molecule has 0 spiro atoms. The molecular formula is C19H16Cl2N4O2. The van der Waals surface area contributed by atoms with Gasteiger partial charge < -0.3 is 26.8 Å². The lowest BCUT2D eigenvalue weighted by Gasteiger charge is -2.11. The van der Waals surface area contributed by atoms with Crippen molar-refractivity contribution in [2.24, 2.45) is 0 Å². The standard InChI is InChI=1S/C19H16Cl2N4O2/c20-14-5-2-6-17(18(14)21)25-19(26)24-11-3-1-4-12(9-11)27-13-7-8-15(22)16(23)10-13/h1-10H,22-23H2,(H2,24,25,26). The number of carbonyl (C=O) groups excluding carboxylic acids is 1. The van der Waals surface area contributed by atoms with Gasteiger partial charge in [0.2, 0.25) is 0 Å². The molecule has 0 aromatic heterocycles. The van der Waals surface area contributed by atoms with E-state index in [2.05, 4.69) is 10.6 Å². The number of halogens is 2. The molecule has 0 aliphatic rings. The third kappa shape index (κ3) is 4.75. The topological polar surface area (TPSA) is 102 Å². The van der Waals surface area contributed by atoms with Crippen molar-refractivity contribution < 1.29 is 9.53 Å². The van der Waals surface area contributed by atoms with Crippen LogP contribution >= 0.6 is 23.2 Å². The molecule has 2 amide bonds. The number of nitrogens with one attached hydrogen (secondary N) is 2. The summed E-state index contributed by atoms with van der Waals surface area (Å²) in [6, 6.07) is 16.4. The van der Waals surface area contributed by atoms with E-state index in [-0.39, 0.29) is 5.02 Å². The van der Waals surface area contributed by atoms with Crippen molar-refractivity contribution in [3.63, 3.8) is 0 Å². The van der Waals surface area contributed by atoms with Gasteiger partial charge in [-0.05, 0) is 36.4 Å². The SMILES string of the molecule is Nc1ccc(Oc2cccc(NC(=O)Nc3cccc(Cl)c3Cl)c2)cc1N. The van der Waals surface area contributed by atoms with E-state index >= 15 is 0 Å². The van der Waals surface area contributed by atoms with E-state index in [1.165, 1.54) is 0 Å². The molecule has 0 saturated carbocycles. The lowest BCUT2D eigenvalue weighted by molar-refractivity contribution is 0.262. The Hall–Kier alpha value is -3.09. The molecule has 0 radical (unpaired) electrons. The van der Waals surface area contributed by atoms with E-state index < -0.39 is 6.03 Å². The third-order valence-corrected chi connectivity index (χ3v) is 4.40. The van der Waals surface area contributed by atoms with Crippen LogP contribution in [0, 0.1) is 0 Å². The van der Waals surface area contributed by atoms with Crippen LogP contribution in [0.1, 0.15) is 0 Å². The molecule has 6 N–H and O–H groups in total. The molecule has 3 rings (SSSR count). The van der Waals surface area contributed by atoms with Gasteiger partial charge in [0.15, 0.2) is 0 Å².